The van der Waals surface area contributed by atoms with Gasteiger partial charge in [0.15, 0.2) is 0 Å². The Morgan fingerprint density at radius 3 is 2.71 bits per heavy atom. The molecular weight excluding hydrogens is 276 g/mol. The Morgan fingerprint density at radius 2 is 2.10 bits per heavy atom. The van der Waals surface area contributed by atoms with Gasteiger partial charge < -0.3 is 20.7 Å². The standard InChI is InChI=1S/C12H20N6O3/c1-21-8-5-14-12-15-10(13)9(18(19)20)11(16-12)17-6-3-2-4-7-17/h2-8H2,1H3,(H3,13,14,15,16). The summed E-state index contributed by atoms with van der Waals surface area (Å²) in [7, 11) is 1.59. The molecule has 0 radical (unpaired) electrons. The molecule has 1 aromatic rings. The molecule has 1 fully saturated rings. The summed E-state index contributed by atoms with van der Waals surface area (Å²) in [5.41, 5.74) is 5.53. The Labute approximate surface area is 122 Å². The molecule has 3 N–H and O–H groups in total. The molecule has 9 heteroatoms. The number of aromatic nitrogens is 2. The van der Waals surface area contributed by atoms with Gasteiger partial charge >= 0.3 is 5.69 Å². The molecule has 0 atom stereocenters. The van der Waals surface area contributed by atoms with Crippen molar-refractivity contribution >= 4 is 23.3 Å². The van der Waals surface area contributed by atoms with Crippen LogP contribution in [0.15, 0.2) is 0 Å². The first-order valence-electron chi connectivity index (χ1n) is 6.93. The van der Waals surface area contributed by atoms with Gasteiger partial charge in [-0.1, -0.05) is 0 Å². The summed E-state index contributed by atoms with van der Waals surface area (Å²) < 4.78 is 4.93. The second-order valence-electron chi connectivity index (χ2n) is 4.83. The van der Waals surface area contributed by atoms with Crippen LogP contribution in [0.4, 0.5) is 23.3 Å². The van der Waals surface area contributed by atoms with Gasteiger partial charge in [-0.3, -0.25) is 10.1 Å². The molecule has 116 valence electrons. The van der Waals surface area contributed by atoms with Crippen LogP contribution >= 0.6 is 0 Å². The van der Waals surface area contributed by atoms with E-state index in [1.165, 1.54) is 0 Å². The van der Waals surface area contributed by atoms with Crippen molar-refractivity contribution in [3.05, 3.63) is 10.1 Å². The number of piperidine rings is 1. The average Bonchev–Trinajstić information content (AvgIpc) is 2.47. The van der Waals surface area contributed by atoms with Gasteiger partial charge in [0.05, 0.1) is 11.5 Å². The highest BCUT2D eigenvalue weighted by atomic mass is 16.6. The molecule has 21 heavy (non-hydrogen) atoms. The summed E-state index contributed by atoms with van der Waals surface area (Å²) in [6, 6.07) is 0. The topological polar surface area (TPSA) is 119 Å². The van der Waals surface area contributed by atoms with Crippen molar-refractivity contribution in [2.24, 2.45) is 0 Å². The number of ether oxygens (including phenoxy) is 1. The first kappa shape index (κ1) is 15.2. The monoisotopic (exact) mass is 296 g/mol. The second kappa shape index (κ2) is 7.02. The maximum absolute atomic E-state index is 11.2. The number of nitrogens with two attached hydrogens (primary N) is 1. The number of nitro groups is 1. The lowest BCUT2D eigenvalue weighted by Gasteiger charge is -2.27. The lowest BCUT2D eigenvalue weighted by molar-refractivity contribution is -0.383. The van der Waals surface area contributed by atoms with Crippen molar-refractivity contribution in [3.8, 4) is 0 Å². The number of rotatable bonds is 6. The lowest BCUT2D eigenvalue weighted by atomic mass is 10.1. The highest BCUT2D eigenvalue weighted by Gasteiger charge is 2.28. The first-order valence-corrected chi connectivity index (χ1v) is 6.93. The smallest absolute Gasteiger partial charge is 0.353 e. The molecule has 0 aromatic carbocycles. The van der Waals surface area contributed by atoms with Gasteiger partial charge in [-0.15, -0.1) is 0 Å². The number of methoxy groups -OCH3 is 1. The minimum Gasteiger partial charge on any atom is -0.383 e. The van der Waals surface area contributed by atoms with Crippen LogP contribution in [-0.4, -0.2) is 48.2 Å². The molecule has 1 saturated heterocycles. The third kappa shape index (κ3) is 3.69. The van der Waals surface area contributed by atoms with Gasteiger partial charge in [-0.2, -0.15) is 9.97 Å². The molecule has 0 aliphatic carbocycles. The summed E-state index contributed by atoms with van der Waals surface area (Å²) in [6.07, 6.45) is 3.12. The van der Waals surface area contributed by atoms with Crippen molar-refractivity contribution in [1.29, 1.82) is 0 Å². The lowest BCUT2D eigenvalue weighted by Crippen LogP contribution is -2.31. The van der Waals surface area contributed by atoms with Crippen molar-refractivity contribution in [2.75, 3.05) is 49.3 Å². The Kier molecular flexibility index (Phi) is 5.09. The third-order valence-corrected chi connectivity index (χ3v) is 3.32. The Bertz CT molecular complexity index is 504. The SMILES string of the molecule is COCCNc1nc(N)c([N+](=O)[O-])c(N2CCCCC2)n1. The fraction of sp³-hybridized carbons (Fsp3) is 0.667. The molecule has 2 rings (SSSR count). The van der Waals surface area contributed by atoms with Gasteiger partial charge in [0.2, 0.25) is 17.6 Å². The average molecular weight is 296 g/mol. The molecule has 0 bridgehead atoms. The number of nitrogens with zero attached hydrogens (tertiary/aromatic N) is 4. The zero-order valence-corrected chi connectivity index (χ0v) is 12.0. The molecule has 2 heterocycles. The van der Waals surface area contributed by atoms with E-state index in [9.17, 15) is 10.1 Å². The zero-order valence-electron chi connectivity index (χ0n) is 12.0. The first-order chi connectivity index (χ1) is 10.1. The maximum Gasteiger partial charge on any atom is 0.353 e. The highest BCUT2D eigenvalue weighted by Crippen LogP contribution is 2.33. The maximum atomic E-state index is 11.2. The zero-order chi connectivity index (χ0) is 15.2. The summed E-state index contributed by atoms with van der Waals surface area (Å²) in [5.74, 6) is 0.471. The van der Waals surface area contributed by atoms with Crippen molar-refractivity contribution in [3.63, 3.8) is 0 Å². The fourth-order valence-electron chi connectivity index (χ4n) is 2.31. The predicted molar refractivity (Wildman–Crippen MR) is 79.5 cm³/mol. The second-order valence-corrected chi connectivity index (χ2v) is 4.83. The normalized spacial score (nSPS) is 15.0. The summed E-state index contributed by atoms with van der Waals surface area (Å²) in [6.45, 7) is 2.48. The van der Waals surface area contributed by atoms with Gasteiger partial charge in [0.1, 0.15) is 0 Å². The molecule has 0 amide bonds. The van der Waals surface area contributed by atoms with E-state index < -0.39 is 4.92 Å². The molecule has 1 aliphatic rings. The minimum absolute atomic E-state index is 0.115. The van der Waals surface area contributed by atoms with E-state index in [0.29, 0.717) is 19.0 Å². The van der Waals surface area contributed by atoms with Crippen molar-refractivity contribution in [1.82, 2.24) is 9.97 Å². The van der Waals surface area contributed by atoms with Gasteiger partial charge in [0, 0.05) is 26.7 Å². The van der Waals surface area contributed by atoms with E-state index in [-0.39, 0.29) is 17.5 Å². The van der Waals surface area contributed by atoms with Crippen LogP contribution in [0, 0.1) is 10.1 Å². The van der Waals surface area contributed by atoms with E-state index in [4.69, 9.17) is 10.5 Å². The van der Waals surface area contributed by atoms with E-state index in [1.54, 1.807) is 7.11 Å². The van der Waals surface area contributed by atoms with E-state index in [2.05, 4.69) is 15.3 Å². The van der Waals surface area contributed by atoms with Crippen LogP contribution in [0.5, 0.6) is 0 Å². The Balaban J connectivity index is 2.30. The molecule has 0 spiro atoms. The molecule has 0 saturated carbocycles. The van der Waals surface area contributed by atoms with Crippen LogP contribution in [0.3, 0.4) is 0 Å². The largest absolute Gasteiger partial charge is 0.383 e. The number of nitrogen functional groups attached to an aromatic ring is 1. The molecule has 0 unspecified atom stereocenters. The Hall–Kier alpha value is -2.16. The highest BCUT2D eigenvalue weighted by molar-refractivity contribution is 5.71. The molecule has 1 aromatic heterocycles. The Morgan fingerprint density at radius 1 is 1.38 bits per heavy atom. The van der Waals surface area contributed by atoms with Crippen LogP contribution < -0.4 is 16.0 Å². The third-order valence-electron chi connectivity index (χ3n) is 3.32. The van der Waals surface area contributed by atoms with Crippen molar-refractivity contribution < 1.29 is 9.66 Å². The van der Waals surface area contributed by atoms with E-state index in [0.717, 1.165) is 32.4 Å². The predicted octanol–water partition coefficient (Wildman–Crippen LogP) is 1.02. The number of hydrogen-bond donors (Lipinski definition) is 2. The summed E-state index contributed by atoms with van der Waals surface area (Å²) in [5, 5.41) is 14.2. The van der Waals surface area contributed by atoms with E-state index in [1.807, 2.05) is 4.90 Å². The molecular formula is C12H20N6O3. The van der Waals surface area contributed by atoms with Crippen LogP contribution in [-0.2, 0) is 4.74 Å². The van der Waals surface area contributed by atoms with Crippen LogP contribution in [0.1, 0.15) is 19.3 Å². The van der Waals surface area contributed by atoms with Gasteiger partial charge in [0.25, 0.3) is 0 Å². The van der Waals surface area contributed by atoms with Crippen LogP contribution in [0.25, 0.3) is 0 Å². The molecule has 1 aliphatic heterocycles. The molecule has 9 nitrogen and oxygen atoms in total. The van der Waals surface area contributed by atoms with E-state index >= 15 is 0 Å². The fourth-order valence-corrected chi connectivity index (χ4v) is 2.31. The summed E-state index contributed by atoms with van der Waals surface area (Å²) >= 11 is 0. The quantitative estimate of drug-likeness (QED) is 0.453. The summed E-state index contributed by atoms with van der Waals surface area (Å²) in [4.78, 5) is 20.9. The van der Waals surface area contributed by atoms with Crippen LogP contribution in [0.2, 0.25) is 0 Å². The van der Waals surface area contributed by atoms with Gasteiger partial charge in [-0.05, 0) is 19.3 Å². The minimum atomic E-state index is -0.516. The number of anilines is 3. The van der Waals surface area contributed by atoms with Gasteiger partial charge in [-0.25, -0.2) is 0 Å². The van der Waals surface area contributed by atoms with Crippen molar-refractivity contribution in [2.45, 2.75) is 19.3 Å². The number of hydrogen-bond acceptors (Lipinski definition) is 8. The number of nitrogens with one attached hydrogen (secondary N) is 1.